The molecule has 3 heteroatoms. The van der Waals surface area contributed by atoms with Crippen molar-refractivity contribution in [2.45, 2.75) is 13.8 Å². The fourth-order valence-electron chi connectivity index (χ4n) is 1.73. The summed E-state index contributed by atoms with van der Waals surface area (Å²) in [5.74, 6) is 0.845. The normalized spacial score (nSPS) is 10.1. The lowest BCUT2D eigenvalue weighted by atomic mass is 10.1. The minimum atomic E-state index is 0.499. The summed E-state index contributed by atoms with van der Waals surface area (Å²) in [4.78, 5) is 4.34. The van der Waals surface area contributed by atoms with Gasteiger partial charge in [0.15, 0.2) is 5.69 Å². The van der Waals surface area contributed by atoms with Gasteiger partial charge in [0.05, 0.1) is 5.69 Å². The fraction of sp³-hybridized carbons (Fsp3) is 0.231. The number of aromatic nitrogens is 2. The van der Waals surface area contributed by atoms with E-state index in [-0.39, 0.29) is 0 Å². The average Bonchev–Trinajstić information content (AvgIpc) is 2.56. The molecule has 0 spiro atoms. The van der Waals surface area contributed by atoms with Crippen LogP contribution in [0.2, 0.25) is 0 Å². The fourth-order valence-corrected chi connectivity index (χ4v) is 1.73. The third-order valence-electron chi connectivity index (χ3n) is 2.76. The molecule has 0 radical (unpaired) electrons. The number of imidazole rings is 1. The molecular formula is C13H13N3. The molecule has 2 aromatic rings. The Labute approximate surface area is 95.0 Å². The summed E-state index contributed by atoms with van der Waals surface area (Å²) >= 11 is 0. The third-order valence-corrected chi connectivity index (χ3v) is 2.76. The van der Waals surface area contributed by atoms with Gasteiger partial charge in [0.2, 0.25) is 0 Å². The maximum Gasteiger partial charge on any atom is 0.162 e. The highest BCUT2D eigenvalue weighted by Gasteiger charge is 2.11. The molecule has 0 saturated heterocycles. The van der Waals surface area contributed by atoms with E-state index >= 15 is 0 Å². The van der Waals surface area contributed by atoms with E-state index in [9.17, 15) is 0 Å². The van der Waals surface area contributed by atoms with Crippen LogP contribution >= 0.6 is 0 Å². The van der Waals surface area contributed by atoms with E-state index in [1.54, 1.807) is 0 Å². The van der Waals surface area contributed by atoms with Gasteiger partial charge < -0.3 is 4.57 Å². The van der Waals surface area contributed by atoms with Gasteiger partial charge in [0, 0.05) is 12.6 Å². The zero-order valence-corrected chi connectivity index (χ0v) is 9.65. The molecule has 2 rings (SSSR count). The van der Waals surface area contributed by atoms with Crippen molar-refractivity contribution in [1.82, 2.24) is 9.55 Å². The smallest absolute Gasteiger partial charge is 0.162 e. The van der Waals surface area contributed by atoms with Crippen molar-refractivity contribution in [3.63, 3.8) is 0 Å². The largest absolute Gasteiger partial charge is 0.330 e. The van der Waals surface area contributed by atoms with E-state index < -0.39 is 0 Å². The number of hydrogen-bond donors (Lipinski definition) is 0. The Bertz CT molecular complexity index is 573. The topological polar surface area (TPSA) is 41.6 Å². The van der Waals surface area contributed by atoms with E-state index in [0.29, 0.717) is 5.69 Å². The van der Waals surface area contributed by atoms with E-state index in [1.807, 2.05) is 43.7 Å². The Morgan fingerprint density at radius 3 is 2.62 bits per heavy atom. The summed E-state index contributed by atoms with van der Waals surface area (Å²) in [7, 11) is 1.93. The predicted molar refractivity (Wildman–Crippen MR) is 62.8 cm³/mol. The average molecular weight is 211 g/mol. The van der Waals surface area contributed by atoms with Crippen LogP contribution in [0.25, 0.3) is 11.4 Å². The van der Waals surface area contributed by atoms with Crippen molar-refractivity contribution in [1.29, 1.82) is 5.26 Å². The summed E-state index contributed by atoms with van der Waals surface area (Å²) in [6.07, 6.45) is 0. The summed E-state index contributed by atoms with van der Waals surface area (Å²) < 4.78 is 1.95. The molecule has 80 valence electrons. The molecule has 0 aliphatic carbocycles. The lowest BCUT2D eigenvalue weighted by Gasteiger charge is -2.03. The van der Waals surface area contributed by atoms with Gasteiger partial charge in [0.1, 0.15) is 11.9 Å². The molecule has 0 N–H and O–H groups in total. The molecule has 0 amide bonds. The Hall–Kier alpha value is -2.08. The minimum absolute atomic E-state index is 0.499. The van der Waals surface area contributed by atoms with Crippen LogP contribution in [0.1, 0.15) is 17.0 Å². The highest BCUT2D eigenvalue weighted by Crippen LogP contribution is 2.21. The number of hydrogen-bond acceptors (Lipinski definition) is 2. The highest BCUT2D eigenvalue weighted by atomic mass is 15.1. The molecule has 0 saturated carbocycles. The monoisotopic (exact) mass is 211 g/mol. The van der Waals surface area contributed by atoms with Gasteiger partial charge in [-0.25, -0.2) is 4.98 Å². The van der Waals surface area contributed by atoms with Crippen LogP contribution in [0, 0.1) is 25.2 Å². The van der Waals surface area contributed by atoms with Crippen molar-refractivity contribution < 1.29 is 0 Å². The number of benzene rings is 1. The predicted octanol–water partition coefficient (Wildman–Crippen LogP) is 2.58. The maximum absolute atomic E-state index is 8.93. The molecule has 1 aromatic heterocycles. The second kappa shape index (κ2) is 3.82. The van der Waals surface area contributed by atoms with Gasteiger partial charge >= 0.3 is 0 Å². The van der Waals surface area contributed by atoms with Gasteiger partial charge in [-0.2, -0.15) is 5.26 Å². The molecule has 1 aromatic carbocycles. The van der Waals surface area contributed by atoms with Crippen LogP contribution in [0.3, 0.4) is 0 Å². The van der Waals surface area contributed by atoms with E-state index in [2.05, 4.69) is 17.1 Å². The van der Waals surface area contributed by atoms with Crippen molar-refractivity contribution >= 4 is 0 Å². The van der Waals surface area contributed by atoms with Crippen molar-refractivity contribution in [3.05, 3.63) is 41.2 Å². The van der Waals surface area contributed by atoms with Crippen LogP contribution in [-0.4, -0.2) is 9.55 Å². The Balaban J connectivity index is 2.62. The summed E-state index contributed by atoms with van der Waals surface area (Å²) in [5.41, 5.74) is 3.64. The molecule has 16 heavy (non-hydrogen) atoms. The lowest BCUT2D eigenvalue weighted by molar-refractivity contribution is 0.883. The van der Waals surface area contributed by atoms with Gasteiger partial charge in [0.25, 0.3) is 0 Å². The standard InChI is InChI=1S/C13H13N3/c1-9-5-4-6-11(7-9)13-15-12(8-14)10(2)16(13)3/h4-7H,1-3H3. The van der Waals surface area contributed by atoms with Crippen LogP contribution in [0.4, 0.5) is 0 Å². The van der Waals surface area contributed by atoms with Crippen LogP contribution in [-0.2, 0) is 7.05 Å². The summed E-state index contributed by atoms with van der Waals surface area (Å²) in [6.45, 7) is 3.95. The van der Waals surface area contributed by atoms with Crippen LogP contribution in [0.15, 0.2) is 24.3 Å². The van der Waals surface area contributed by atoms with Gasteiger partial charge in [-0.1, -0.05) is 23.8 Å². The molecule has 0 unspecified atom stereocenters. The quantitative estimate of drug-likeness (QED) is 0.727. The maximum atomic E-state index is 8.93. The third kappa shape index (κ3) is 1.59. The first-order valence-corrected chi connectivity index (χ1v) is 5.14. The van der Waals surface area contributed by atoms with Gasteiger partial charge in [-0.15, -0.1) is 0 Å². The molecule has 0 fully saturated rings. The number of nitrogens with zero attached hydrogens (tertiary/aromatic N) is 3. The van der Waals surface area contributed by atoms with E-state index in [0.717, 1.165) is 17.1 Å². The molecule has 0 bridgehead atoms. The summed E-state index contributed by atoms with van der Waals surface area (Å²) in [5, 5.41) is 8.93. The zero-order chi connectivity index (χ0) is 11.7. The van der Waals surface area contributed by atoms with Crippen LogP contribution < -0.4 is 0 Å². The Kier molecular flexibility index (Phi) is 2.49. The first kappa shape index (κ1) is 10.4. The molecule has 1 heterocycles. The van der Waals surface area contributed by atoms with E-state index in [1.165, 1.54) is 5.56 Å². The van der Waals surface area contributed by atoms with Crippen molar-refractivity contribution in [3.8, 4) is 17.5 Å². The SMILES string of the molecule is Cc1cccc(-c2nc(C#N)c(C)n2C)c1. The molecule has 0 atom stereocenters. The van der Waals surface area contributed by atoms with Crippen LogP contribution in [0.5, 0.6) is 0 Å². The molecule has 0 aliphatic heterocycles. The lowest BCUT2D eigenvalue weighted by Crippen LogP contribution is -1.94. The first-order chi connectivity index (χ1) is 7.63. The van der Waals surface area contributed by atoms with Gasteiger partial charge in [-0.3, -0.25) is 0 Å². The Morgan fingerprint density at radius 1 is 1.31 bits per heavy atom. The minimum Gasteiger partial charge on any atom is -0.330 e. The Morgan fingerprint density at radius 2 is 2.06 bits per heavy atom. The molecule has 3 nitrogen and oxygen atoms in total. The summed E-state index contributed by atoms with van der Waals surface area (Å²) in [6, 6.07) is 10.2. The number of aryl methyl sites for hydroxylation is 1. The van der Waals surface area contributed by atoms with E-state index in [4.69, 9.17) is 5.26 Å². The highest BCUT2D eigenvalue weighted by molar-refractivity contribution is 5.58. The second-order valence-electron chi connectivity index (χ2n) is 3.91. The second-order valence-corrected chi connectivity index (χ2v) is 3.91. The number of nitriles is 1. The van der Waals surface area contributed by atoms with Crippen molar-refractivity contribution in [2.24, 2.45) is 7.05 Å². The molecular weight excluding hydrogens is 198 g/mol. The van der Waals surface area contributed by atoms with Crippen molar-refractivity contribution in [2.75, 3.05) is 0 Å². The number of rotatable bonds is 1. The zero-order valence-electron chi connectivity index (χ0n) is 9.65. The molecule has 0 aliphatic rings. The first-order valence-electron chi connectivity index (χ1n) is 5.14. The van der Waals surface area contributed by atoms with Gasteiger partial charge in [-0.05, 0) is 19.9 Å².